The van der Waals surface area contributed by atoms with Gasteiger partial charge < -0.3 is 15.0 Å². The maximum absolute atomic E-state index is 5.37. The number of hydrogen-bond acceptors (Lipinski definition) is 3. The highest BCUT2D eigenvalue weighted by Gasteiger charge is 2.18. The Kier molecular flexibility index (Phi) is 4.12. The molecule has 0 amide bonds. The Morgan fingerprint density at radius 1 is 1.33 bits per heavy atom. The summed E-state index contributed by atoms with van der Waals surface area (Å²) in [6, 6.07) is 4.24. The van der Waals surface area contributed by atoms with E-state index < -0.39 is 0 Å². The van der Waals surface area contributed by atoms with E-state index in [0.29, 0.717) is 0 Å². The molecule has 0 aliphatic carbocycles. The van der Waals surface area contributed by atoms with E-state index >= 15 is 0 Å². The van der Waals surface area contributed by atoms with Crippen LogP contribution in [0, 0.1) is 19.8 Å². The number of nitrogens with zero attached hydrogens (tertiary/aromatic N) is 1. The Balaban J connectivity index is 2.14. The normalized spacial score (nSPS) is 19.0. The number of anilines is 1. The first kappa shape index (κ1) is 13.2. The average Bonchev–Trinajstić information content (AvgIpc) is 2.85. The number of hydrogen-bond donors (Lipinski definition) is 1. The van der Waals surface area contributed by atoms with E-state index in [0.717, 1.165) is 24.8 Å². The van der Waals surface area contributed by atoms with Crippen LogP contribution >= 0.6 is 0 Å². The fourth-order valence-electron chi connectivity index (χ4n) is 2.77. The SMILES string of the molecule is COc1ccc(N(C)CC2CCNC2)c(C)c1C. The van der Waals surface area contributed by atoms with Crippen LogP contribution < -0.4 is 15.0 Å². The quantitative estimate of drug-likeness (QED) is 0.885. The molecule has 3 heteroatoms. The summed E-state index contributed by atoms with van der Waals surface area (Å²) in [5, 5.41) is 3.43. The average molecular weight is 248 g/mol. The summed E-state index contributed by atoms with van der Waals surface area (Å²) in [6.07, 6.45) is 1.29. The van der Waals surface area contributed by atoms with Crippen molar-refractivity contribution in [1.82, 2.24) is 5.32 Å². The van der Waals surface area contributed by atoms with E-state index in [1.807, 2.05) is 0 Å². The molecule has 1 aromatic rings. The van der Waals surface area contributed by atoms with Gasteiger partial charge in [0.05, 0.1) is 7.11 Å². The van der Waals surface area contributed by atoms with Gasteiger partial charge in [0.25, 0.3) is 0 Å². The van der Waals surface area contributed by atoms with Crippen molar-refractivity contribution >= 4 is 5.69 Å². The largest absolute Gasteiger partial charge is 0.496 e. The van der Waals surface area contributed by atoms with Gasteiger partial charge >= 0.3 is 0 Å². The Labute approximate surface area is 110 Å². The molecule has 0 radical (unpaired) electrons. The summed E-state index contributed by atoms with van der Waals surface area (Å²) in [4.78, 5) is 2.37. The fraction of sp³-hybridized carbons (Fsp3) is 0.600. The van der Waals surface area contributed by atoms with E-state index in [-0.39, 0.29) is 0 Å². The summed E-state index contributed by atoms with van der Waals surface area (Å²) in [7, 11) is 3.92. The molecule has 0 spiro atoms. The fourth-order valence-corrected chi connectivity index (χ4v) is 2.77. The van der Waals surface area contributed by atoms with Gasteiger partial charge in [-0.2, -0.15) is 0 Å². The van der Waals surface area contributed by atoms with E-state index in [1.165, 1.54) is 29.8 Å². The van der Waals surface area contributed by atoms with Crippen molar-refractivity contribution in [2.24, 2.45) is 5.92 Å². The van der Waals surface area contributed by atoms with Crippen molar-refractivity contribution in [3.8, 4) is 5.75 Å². The van der Waals surface area contributed by atoms with Gasteiger partial charge in [0.1, 0.15) is 5.75 Å². The molecule has 0 bridgehead atoms. The second kappa shape index (κ2) is 5.61. The second-order valence-electron chi connectivity index (χ2n) is 5.28. The maximum Gasteiger partial charge on any atom is 0.122 e. The highest BCUT2D eigenvalue weighted by atomic mass is 16.5. The third-order valence-corrected chi connectivity index (χ3v) is 4.03. The molecule has 1 saturated heterocycles. The molecular formula is C15H24N2O. The van der Waals surface area contributed by atoms with E-state index in [1.54, 1.807) is 7.11 Å². The standard InChI is InChI=1S/C15H24N2O/c1-11-12(2)15(18-4)6-5-14(11)17(3)10-13-7-8-16-9-13/h5-6,13,16H,7-10H2,1-4H3. The van der Waals surface area contributed by atoms with Crippen molar-refractivity contribution < 1.29 is 4.74 Å². The number of benzene rings is 1. The molecule has 1 unspecified atom stereocenters. The van der Waals surface area contributed by atoms with E-state index in [9.17, 15) is 0 Å². The first-order chi connectivity index (χ1) is 8.63. The maximum atomic E-state index is 5.37. The van der Waals surface area contributed by atoms with Crippen LogP contribution in [0.1, 0.15) is 17.5 Å². The lowest BCUT2D eigenvalue weighted by atomic mass is 10.0. The molecular weight excluding hydrogens is 224 g/mol. The van der Waals surface area contributed by atoms with Crippen molar-refractivity contribution in [2.45, 2.75) is 20.3 Å². The molecule has 0 aromatic heterocycles. The number of nitrogens with one attached hydrogen (secondary N) is 1. The summed E-state index contributed by atoms with van der Waals surface area (Å²) in [5.41, 5.74) is 3.88. The molecule has 0 saturated carbocycles. The van der Waals surface area contributed by atoms with Gasteiger partial charge in [-0.1, -0.05) is 0 Å². The molecule has 18 heavy (non-hydrogen) atoms. The molecule has 100 valence electrons. The minimum atomic E-state index is 0.775. The molecule has 1 aliphatic rings. The van der Waals surface area contributed by atoms with Gasteiger partial charge in [-0.15, -0.1) is 0 Å². The molecule has 3 nitrogen and oxygen atoms in total. The van der Waals surface area contributed by atoms with Gasteiger partial charge in [0, 0.05) is 19.3 Å². The minimum Gasteiger partial charge on any atom is -0.496 e. The molecule has 1 fully saturated rings. The first-order valence-electron chi connectivity index (χ1n) is 6.69. The van der Waals surface area contributed by atoms with Gasteiger partial charge in [-0.3, -0.25) is 0 Å². The minimum absolute atomic E-state index is 0.775. The van der Waals surface area contributed by atoms with Gasteiger partial charge in [-0.05, 0) is 62.5 Å². The summed E-state index contributed by atoms with van der Waals surface area (Å²) in [6.45, 7) is 7.75. The van der Waals surface area contributed by atoms with Crippen LogP contribution in [0.5, 0.6) is 5.75 Å². The molecule has 1 atom stereocenters. The molecule has 2 rings (SSSR count). The Morgan fingerprint density at radius 2 is 2.11 bits per heavy atom. The Morgan fingerprint density at radius 3 is 2.72 bits per heavy atom. The zero-order valence-corrected chi connectivity index (χ0v) is 11.9. The summed E-state index contributed by atoms with van der Waals surface area (Å²) < 4.78 is 5.37. The highest BCUT2D eigenvalue weighted by molar-refractivity contribution is 5.59. The van der Waals surface area contributed by atoms with Crippen LogP contribution in [-0.2, 0) is 0 Å². The van der Waals surface area contributed by atoms with E-state index in [4.69, 9.17) is 4.74 Å². The van der Waals surface area contributed by atoms with Crippen molar-refractivity contribution in [3.05, 3.63) is 23.3 Å². The molecule has 1 heterocycles. The molecule has 1 aliphatic heterocycles. The van der Waals surface area contributed by atoms with Gasteiger partial charge in [0.15, 0.2) is 0 Å². The zero-order chi connectivity index (χ0) is 13.1. The smallest absolute Gasteiger partial charge is 0.122 e. The van der Waals surface area contributed by atoms with Crippen molar-refractivity contribution in [3.63, 3.8) is 0 Å². The third-order valence-electron chi connectivity index (χ3n) is 4.03. The highest BCUT2D eigenvalue weighted by Crippen LogP contribution is 2.29. The molecule has 1 N–H and O–H groups in total. The summed E-state index contributed by atoms with van der Waals surface area (Å²) >= 11 is 0. The third kappa shape index (κ3) is 2.61. The summed E-state index contributed by atoms with van der Waals surface area (Å²) in [5.74, 6) is 1.75. The van der Waals surface area contributed by atoms with Crippen LogP contribution in [0.4, 0.5) is 5.69 Å². The zero-order valence-electron chi connectivity index (χ0n) is 11.9. The van der Waals surface area contributed by atoms with Gasteiger partial charge in [0.2, 0.25) is 0 Å². The van der Waals surface area contributed by atoms with Crippen LogP contribution in [-0.4, -0.2) is 33.8 Å². The lowest BCUT2D eigenvalue weighted by molar-refractivity contribution is 0.411. The predicted molar refractivity (Wildman–Crippen MR) is 76.7 cm³/mol. The van der Waals surface area contributed by atoms with Crippen LogP contribution in [0.15, 0.2) is 12.1 Å². The first-order valence-corrected chi connectivity index (χ1v) is 6.69. The van der Waals surface area contributed by atoms with Crippen molar-refractivity contribution in [1.29, 1.82) is 0 Å². The number of rotatable bonds is 4. The predicted octanol–water partition coefficient (Wildman–Crippen LogP) is 2.36. The van der Waals surface area contributed by atoms with Crippen LogP contribution in [0.25, 0.3) is 0 Å². The number of ether oxygens (including phenoxy) is 1. The Hall–Kier alpha value is -1.22. The van der Waals surface area contributed by atoms with Crippen LogP contribution in [0.3, 0.4) is 0 Å². The van der Waals surface area contributed by atoms with E-state index in [2.05, 4.69) is 43.2 Å². The lowest BCUT2D eigenvalue weighted by Gasteiger charge is -2.25. The topological polar surface area (TPSA) is 24.5 Å². The number of methoxy groups -OCH3 is 1. The van der Waals surface area contributed by atoms with Gasteiger partial charge in [-0.25, -0.2) is 0 Å². The second-order valence-corrected chi connectivity index (χ2v) is 5.28. The molecule has 1 aromatic carbocycles. The lowest BCUT2D eigenvalue weighted by Crippen LogP contribution is -2.27. The monoisotopic (exact) mass is 248 g/mol. The Bertz CT molecular complexity index is 411. The van der Waals surface area contributed by atoms with Crippen LogP contribution in [0.2, 0.25) is 0 Å². The van der Waals surface area contributed by atoms with Crippen molar-refractivity contribution in [2.75, 3.05) is 38.7 Å².